The highest BCUT2D eigenvalue weighted by Crippen LogP contribution is 2.48. The highest BCUT2D eigenvalue weighted by atomic mass is 32.1. The summed E-state index contributed by atoms with van der Waals surface area (Å²) in [5.41, 5.74) is 6.53. The minimum absolute atomic E-state index is 0.00677. The van der Waals surface area contributed by atoms with Gasteiger partial charge in [-0.2, -0.15) is 0 Å². The number of likely N-dealkylation sites (N-methyl/N-ethyl adjacent to an activating group) is 1. The number of nitrogens with zero attached hydrogens (tertiary/aromatic N) is 1. The Morgan fingerprint density at radius 1 is 1.13 bits per heavy atom. The smallest absolute Gasteiger partial charge is 0.0450 e. The monoisotopic (exact) mass is 319 g/mol. The van der Waals surface area contributed by atoms with Crippen molar-refractivity contribution in [1.82, 2.24) is 0 Å². The predicted octanol–water partition coefficient (Wildman–Crippen LogP) is 6.20. The van der Waals surface area contributed by atoms with Crippen molar-refractivity contribution in [2.75, 3.05) is 11.4 Å². The van der Waals surface area contributed by atoms with Crippen LogP contribution in [0, 0.1) is 0 Å². The lowest BCUT2D eigenvalue weighted by Gasteiger charge is -2.24. The summed E-state index contributed by atoms with van der Waals surface area (Å²) in [6.45, 7) is 12.1. The summed E-state index contributed by atoms with van der Waals surface area (Å²) >= 11 is 1.82. The van der Waals surface area contributed by atoms with Gasteiger partial charge >= 0.3 is 0 Å². The highest BCUT2D eigenvalue weighted by Gasteiger charge is 2.38. The Kier molecular flexibility index (Phi) is 3.14. The molecule has 0 unspecified atom stereocenters. The first-order valence-electron chi connectivity index (χ1n) is 8.12. The molecular weight excluding hydrogens is 298 g/mol. The van der Waals surface area contributed by atoms with Gasteiger partial charge in [-0.25, -0.2) is 0 Å². The van der Waals surface area contributed by atoms with Gasteiger partial charge in [0.05, 0.1) is 0 Å². The van der Waals surface area contributed by atoms with Gasteiger partial charge < -0.3 is 4.90 Å². The number of fused-ring (bicyclic) bond motifs is 2. The van der Waals surface area contributed by atoms with Crippen LogP contribution in [0.25, 0.3) is 21.2 Å². The van der Waals surface area contributed by atoms with Crippen molar-refractivity contribution in [3.05, 3.63) is 65.7 Å². The van der Waals surface area contributed by atoms with Crippen molar-refractivity contribution in [3.8, 4) is 11.1 Å². The number of hydrogen-bond acceptors (Lipinski definition) is 2. The third-order valence-electron chi connectivity index (χ3n) is 5.12. The third kappa shape index (κ3) is 1.98. The zero-order valence-corrected chi connectivity index (χ0v) is 14.7. The van der Waals surface area contributed by atoms with E-state index >= 15 is 0 Å². The lowest BCUT2D eigenvalue weighted by Crippen LogP contribution is -2.24. The maximum Gasteiger partial charge on any atom is 0.0450 e. The summed E-state index contributed by atoms with van der Waals surface area (Å²) in [5, 5.41) is 3.63. The first-order valence-corrected chi connectivity index (χ1v) is 9.00. The van der Waals surface area contributed by atoms with Gasteiger partial charge in [0.1, 0.15) is 0 Å². The van der Waals surface area contributed by atoms with E-state index in [2.05, 4.69) is 80.1 Å². The van der Waals surface area contributed by atoms with Crippen molar-refractivity contribution >= 4 is 27.1 Å². The van der Waals surface area contributed by atoms with Crippen molar-refractivity contribution < 1.29 is 0 Å². The van der Waals surface area contributed by atoms with Crippen LogP contribution < -0.4 is 4.90 Å². The van der Waals surface area contributed by atoms with Crippen molar-refractivity contribution in [1.29, 1.82) is 0 Å². The summed E-state index contributed by atoms with van der Waals surface area (Å²) in [7, 11) is 0. The highest BCUT2D eigenvalue weighted by molar-refractivity contribution is 7.17. The van der Waals surface area contributed by atoms with Gasteiger partial charge in [0.2, 0.25) is 0 Å². The molecule has 0 fully saturated rings. The fraction of sp³-hybridized carbons (Fsp3) is 0.238. The maximum absolute atomic E-state index is 4.34. The number of allylic oxidation sites excluding steroid dienone is 1. The average Bonchev–Trinajstić information content (AvgIpc) is 3.06. The normalized spacial score (nSPS) is 16.1. The van der Waals surface area contributed by atoms with Crippen LogP contribution in [0.3, 0.4) is 0 Å². The molecule has 23 heavy (non-hydrogen) atoms. The molecule has 0 atom stereocenters. The molecule has 0 amide bonds. The van der Waals surface area contributed by atoms with Crippen LogP contribution in [0.1, 0.15) is 26.3 Å². The second-order valence-electron chi connectivity index (χ2n) is 6.69. The number of hydrogen-bond donors (Lipinski definition) is 0. The molecule has 0 N–H and O–H groups in total. The molecule has 2 heteroatoms. The standard InChI is InChI=1S/C21H21NS/c1-5-22-14(2)21(3,4)18-12-15(10-11-19(18)22)17-13-23-20-9-7-6-8-16(17)20/h6-13H,2,5H2,1,3-4H3. The quantitative estimate of drug-likeness (QED) is 0.543. The second kappa shape index (κ2) is 4.97. The zero-order chi connectivity index (χ0) is 16.2. The molecule has 1 aliphatic heterocycles. The van der Waals surface area contributed by atoms with Crippen molar-refractivity contribution in [2.45, 2.75) is 26.2 Å². The largest absolute Gasteiger partial charge is 0.345 e. The Labute approximate surface area is 141 Å². The van der Waals surface area contributed by atoms with E-state index in [-0.39, 0.29) is 5.41 Å². The van der Waals surface area contributed by atoms with Crippen LogP contribution in [0.4, 0.5) is 5.69 Å². The minimum Gasteiger partial charge on any atom is -0.345 e. The molecular formula is C21H21NS. The van der Waals surface area contributed by atoms with Gasteiger partial charge in [-0.1, -0.05) is 44.7 Å². The molecule has 0 spiro atoms. The van der Waals surface area contributed by atoms with Crippen LogP contribution in [-0.2, 0) is 5.41 Å². The van der Waals surface area contributed by atoms with Gasteiger partial charge in [-0.05, 0) is 41.6 Å². The fourth-order valence-electron chi connectivity index (χ4n) is 3.64. The van der Waals surface area contributed by atoms with Crippen LogP contribution in [0.15, 0.2) is 60.1 Å². The van der Waals surface area contributed by atoms with E-state index in [1.54, 1.807) is 0 Å². The Balaban J connectivity index is 1.91. The first-order chi connectivity index (χ1) is 11.0. The van der Waals surface area contributed by atoms with Gasteiger partial charge in [-0.15, -0.1) is 11.3 Å². The van der Waals surface area contributed by atoms with Crippen LogP contribution >= 0.6 is 11.3 Å². The molecule has 2 aromatic carbocycles. The molecule has 2 heterocycles. The Bertz CT molecular complexity index is 916. The topological polar surface area (TPSA) is 3.24 Å². The molecule has 1 aliphatic rings. The Hall–Kier alpha value is -2.06. The lowest BCUT2D eigenvalue weighted by molar-refractivity contribution is 0.637. The van der Waals surface area contributed by atoms with Crippen molar-refractivity contribution in [2.24, 2.45) is 0 Å². The molecule has 1 aromatic heterocycles. The molecule has 3 aromatic rings. The van der Waals surface area contributed by atoms with E-state index in [1.807, 2.05) is 11.3 Å². The molecule has 0 radical (unpaired) electrons. The van der Waals surface area contributed by atoms with Crippen LogP contribution in [0.2, 0.25) is 0 Å². The van der Waals surface area contributed by atoms with E-state index in [1.165, 1.54) is 38.2 Å². The molecule has 0 saturated heterocycles. The van der Waals surface area contributed by atoms with Gasteiger partial charge in [0.25, 0.3) is 0 Å². The fourth-order valence-corrected chi connectivity index (χ4v) is 4.61. The number of anilines is 1. The van der Waals surface area contributed by atoms with Gasteiger partial charge in [0, 0.05) is 39.0 Å². The SMILES string of the molecule is C=C1N(CC)c2ccc(-c3csc4ccccc34)cc2C1(C)C. The van der Waals surface area contributed by atoms with E-state index < -0.39 is 0 Å². The zero-order valence-electron chi connectivity index (χ0n) is 13.9. The van der Waals surface area contributed by atoms with Crippen LogP contribution in [-0.4, -0.2) is 6.54 Å². The summed E-state index contributed by atoms with van der Waals surface area (Å²) in [5.74, 6) is 0. The van der Waals surface area contributed by atoms with Crippen LogP contribution in [0.5, 0.6) is 0 Å². The average molecular weight is 319 g/mol. The first kappa shape index (κ1) is 14.5. The van der Waals surface area contributed by atoms with E-state index in [0.29, 0.717) is 0 Å². The Morgan fingerprint density at radius 3 is 2.70 bits per heavy atom. The summed E-state index contributed by atoms with van der Waals surface area (Å²) in [4.78, 5) is 2.34. The summed E-state index contributed by atoms with van der Waals surface area (Å²) in [6, 6.07) is 15.5. The third-order valence-corrected chi connectivity index (χ3v) is 6.08. The molecule has 1 nitrogen and oxygen atoms in total. The maximum atomic E-state index is 4.34. The molecule has 0 saturated carbocycles. The molecule has 0 bridgehead atoms. The molecule has 4 rings (SSSR count). The van der Waals surface area contributed by atoms with E-state index in [0.717, 1.165) is 6.54 Å². The second-order valence-corrected chi connectivity index (χ2v) is 7.60. The summed E-state index contributed by atoms with van der Waals surface area (Å²) in [6.07, 6.45) is 0. The van der Waals surface area contributed by atoms with Gasteiger partial charge in [-0.3, -0.25) is 0 Å². The van der Waals surface area contributed by atoms with E-state index in [4.69, 9.17) is 0 Å². The van der Waals surface area contributed by atoms with Gasteiger partial charge in [0.15, 0.2) is 0 Å². The molecule has 116 valence electrons. The predicted molar refractivity (Wildman–Crippen MR) is 102 cm³/mol. The Morgan fingerprint density at radius 2 is 1.91 bits per heavy atom. The molecule has 0 aliphatic carbocycles. The number of benzene rings is 2. The number of thiophene rings is 1. The minimum atomic E-state index is -0.00677. The number of rotatable bonds is 2. The van der Waals surface area contributed by atoms with Crippen molar-refractivity contribution in [3.63, 3.8) is 0 Å². The summed E-state index contributed by atoms with van der Waals surface area (Å²) < 4.78 is 1.35. The lowest BCUT2D eigenvalue weighted by atomic mass is 9.83. The van der Waals surface area contributed by atoms with E-state index in [9.17, 15) is 0 Å².